The van der Waals surface area contributed by atoms with Gasteiger partial charge in [-0.3, -0.25) is 14.4 Å². The second kappa shape index (κ2) is 3.17. The Morgan fingerprint density at radius 2 is 2.00 bits per heavy atom. The molecule has 0 aliphatic heterocycles. The number of allylic oxidation sites excluding steroid dienone is 1. The van der Waals surface area contributed by atoms with Crippen LogP contribution in [0.2, 0.25) is 0 Å². The number of ketones is 2. The Kier molecular flexibility index (Phi) is 2.08. The highest BCUT2D eigenvalue weighted by Crippen LogP contribution is 2.34. The Bertz CT molecular complexity index is 522. The van der Waals surface area contributed by atoms with Crippen LogP contribution in [-0.4, -0.2) is 17.9 Å². The summed E-state index contributed by atoms with van der Waals surface area (Å²) in [4.78, 5) is 33.6. The number of hydrogen-bond donors (Lipinski definition) is 0. The van der Waals surface area contributed by atoms with Crippen molar-refractivity contribution < 1.29 is 18.8 Å². The Hall–Kier alpha value is -1.68. The topological polar surface area (TPSA) is 64.3 Å². The lowest BCUT2D eigenvalue weighted by Crippen LogP contribution is -2.21. The average Bonchev–Trinajstić information content (AvgIpc) is 2.67. The van der Waals surface area contributed by atoms with Crippen molar-refractivity contribution in [3.05, 3.63) is 28.7 Å². The molecule has 5 heteroatoms. The number of aldehydes is 1. The van der Waals surface area contributed by atoms with E-state index in [1.54, 1.807) is 0 Å². The van der Waals surface area contributed by atoms with Gasteiger partial charge in [0, 0.05) is 5.57 Å². The molecule has 76 valence electrons. The zero-order chi connectivity index (χ0) is 11.2. The van der Waals surface area contributed by atoms with Gasteiger partial charge in [0.2, 0.25) is 11.6 Å². The summed E-state index contributed by atoms with van der Waals surface area (Å²) in [6, 6.07) is 0. The molecule has 0 atom stereocenters. The highest BCUT2D eigenvalue weighted by molar-refractivity contribution is 6.61. The molecule has 1 aliphatic rings. The van der Waals surface area contributed by atoms with Gasteiger partial charge in [0.05, 0.1) is 16.2 Å². The van der Waals surface area contributed by atoms with Crippen LogP contribution in [0.15, 0.2) is 16.3 Å². The van der Waals surface area contributed by atoms with E-state index in [0.717, 1.165) is 6.26 Å². The zero-order valence-electron chi connectivity index (χ0n) is 7.67. The SMILES string of the molecule is CC1=C(Cl)c2occ(C=O)c2C(=O)C1=O. The van der Waals surface area contributed by atoms with Crippen molar-refractivity contribution in [2.75, 3.05) is 0 Å². The van der Waals surface area contributed by atoms with E-state index in [1.165, 1.54) is 6.92 Å². The zero-order valence-corrected chi connectivity index (χ0v) is 8.42. The van der Waals surface area contributed by atoms with Crippen molar-refractivity contribution in [2.45, 2.75) is 6.92 Å². The lowest BCUT2D eigenvalue weighted by Gasteiger charge is -2.09. The van der Waals surface area contributed by atoms with Crippen LogP contribution in [0.1, 0.15) is 33.4 Å². The van der Waals surface area contributed by atoms with E-state index in [1.807, 2.05) is 0 Å². The summed E-state index contributed by atoms with van der Waals surface area (Å²) in [6.07, 6.45) is 1.57. The minimum atomic E-state index is -0.747. The minimum Gasteiger partial charge on any atom is -0.462 e. The Balaban J connectivity index is 2.80. The molecule has 0 radical (unpaired) electrons. The average molecular weight is 225 g/mol. The number of carbonyl (C=O) groups is 3. The molecular formula is C10H5ClO4. The molecule has 0 amide bonds. The molecule has 0 N–H and O–H groups in total. The number of Topliss-reactive ketones (excluding diaryl/α,β-unsaturated/α-hetero) is 2. The number of fused-ring (bicyclic) bond motifs is 1. The van der Waals surface area contributed by atoms with Gasteiger partial charge >= 0.3 is 0 Å². The largest absolute Gasteiger partial charge is 0.462 e. The van der Waals surface area contributed by atoms with Crippen molar-refractivity contribution in [2.24, 2.45) is 0 Å². The number of halogens is 1. The summed E-state index contributed by atoms with van der Waals surface area (Å²) in [5.74, 6) is -1.35. The lowest BCUT2D eigenvalue weighted by molar-refractivity contribution is -0.111. The first kappa shape index (κ1) is 9.86. The van der Waals surface area contributed by atoms with Crippen LogP contribution in [0.5, 0.6) is 0 Å². The van der Waals surface area contributed by atoms with Crippen molar-refractivity contribution in [1.82, 2.24) is 0 Å². The number of hydrogen-bond acceptors (Lipinski definition) is 4. The van der Waals surface area contributed by atoms with Crippen LogP contribution >= 0.6 is 11.6 Å². The van der Waals surface area contributed by atoms with Crippen LogP contribution in [0.25, 0.3) is 5.03 Å². The molecule has 0 aromatic carbocycles. The first-order valence-electron chi connectivity index (χ1n) is 4.10. The summed E-state index contributed by atoms with van der Waals surface area (Å²) >= 11 is 5.83. The molecule has 2 rings (SSSR count). The van der Waals surface area contributed by atoms with Gasteiger partial charge in [0.25, 0.3) is 0 Å². The van der Waals surface area contributed by atoms with Crippen molar-refractivity contribution >= 4 is 34.5 Å². The van der Waals surface area contributed by atoms with Crippen LogP contribution in [0.3, 0.4) is 0 Å². The molecule has 1 aromatic rings. The monoisotopic (exact) mass is 224 g/mol. The molecule has 0 fully saturated rings. The van der Waals surface area contributed by atoms with Gasteiger partial charge < -0.3 is 4.42 Å². The number of carbonyl (C=O) groups excluding carboxylic acids is 3. The fourth-order valence-corrected chi connectivity index (χ4v) is 1.63. The van der Waals surface area contributed by atoms with E-state index in [9.17, 15) is 14.4 Å². The fraction of sp³-hybridized carbons (Fsp3) is 0.100. The molecule has 15 heavy (non-hydrogen) atoms. The summed E-state index contributed by atoms with van der Waals surface area (Å²) < 4.78 is 4.99. The summed E-state index contributed by atoms with van der Waals surface area (Å²) in [7, 11) is 0. The van der Waals surface area contributed by atoms with E-state index in [0.29, 0.717) is 6.29 Å². The molecule has 0 bridgehead atoms. The standard InChI is InChI=1S/C10H5ClO4/c1-4-7(11)10-6(9(14)8(4)13)5(2-12)3-15-10/h2-3H,1H3. The van der Waals surface area contributed by atoms with Gasteiger partial charge in [-0.15, -0.1) is 0 Å². The summed E-state index contributed by atoms with van der Waals surface area (Å²) in [5.41, 5.74) is 0.153. The van der Waals surface area contributed by atoms with Crippen molar-refractivity contribution in [1.29, 1.82) is 0 Å². The van der Waals surface area contributed by atoms with E-state index in [-0.39, 0.29) is 27.5 Å². The van der Waals surface area contributed by atoms with Crippen LogP contribution in [-0.2, 0) is 4.79 Å². The molecule has 0 saturated carbocycles. The molecule has 1 aromatic heterocycles. The highest BCUT2D eigenvalue weighted by Gasteiger charge is 2.34. The Labute approximate surface area is 89.5 Å². The van der Waals surface area contributed by atoms with Gasteiger partial charge in [0.15, 0.2) is 12.0 Å². The first-order valence-corrected chi connectivity index (χ1v) is 4.48. The van der Waals surface area contributed by atoms with Gasteiger partial charge in [-0.1, -0.05) is 11.6 Å². The van der Waals surface area contributed by atoms with Crippen molar-refractivity contribution in [3.8, 4) is 0 Å². The molecular weight excluding hydrogens is 220 g/mol. The van der Waals surface area contributed by atoms with E-state index < -0.39 is 11.6 Å². The van der Waals surface area contributed by atoms with E-state index in [4.69, 9.17) is 16.0 Å². The minimum absolute atomic E-state index is 0.0365. The van der Waals surface area contributed by atoms with E-state index in [2.05, 4.69) is 0 Å². The first-order chi connectivity index (χ1) is 7.07. The fourth-order valence-electron chi connectivity index (χ4n) is 1.41. The van der Waals surface area contributed by atoms with Crippen LogP contribution < -0.4 is 0 Å². The summed E-state index contributed by atoms with van der Waals surface area (Å²) in [6.45, 7) is 1.44. The molecule has 1 aliphatic carbocycles. The van der Waals surface area contributed by atoms with Gasteiger partial charge in [-0.2, -0.15) is 0 Å². The normalized spacial score (nSPS) is 15.6. The van der Waals surface area contributed by atoms with Crippen molar-refractivity contribution in [3.63, 3.8) is 0 Å². The molecule has 0 spiro atoms. The third-order valence-corrected chi connectivity index (χ3v) is 2.70. The Morgan fingerprint density at radius 1 is 1.33 bits per heavy atom. The van der Waals surface area contributed by atoms with Crippen LogP contribution in [0, 0.1) is 0 Å². The molecule has 4 nitrogen and oxygen atoms in total. The number of furan rings is 1. The highest BCUT2D eigenvalue weighted by atomic mass is 35.5. The molecule has 0 saturated heterocycles. The second-order valence-electron chi connectivity index (χ2n) is 3.11. The predicted octanol–water partition coefficient (Wildman–Crippen LogP) is 1.83. The van der Waals surface area contributed by atoms with Crippen LogP contribution in [0.4, 0.5) is 0 Å². The third-order valence-electron chi connectivity index (χ3n) is 2.25. The molecule has 1 heterocycles. The maximum absolute atomic E-state index is 11.6. The predicted molar refractivity (Wildman–Crippen MR) is 51.9 cm³/mol. The smallest absolute Gasteiger partial charge is 0.237 e. The van der Waals surface area contributed by atoms with E-state index >= 15 is 0 Å². The third kappa shape index (κ3) is 1.18. The Morgan fingerprint density at radius 3 is 2.60 bits per heavy atom. The molecule has 0 unspecified atom stereocenters. The second-order valence-corrected chi connectivity index (χ2v) is 3.49. The van der Waals surface area contributed by atoms with Gasteiger partial charge in [0.1, 0.15) is 6.26 Å². The number of rotatable bonds is 1. The maximum atomic E-state index is 11.6. The maximum Gasteiger partial charge on any atom is 0.237 e. The van der Waals surface area contributed by atoms with Gasteiger partial charge in [-0.25, -0.2) is 0 Å². The quantitative estimate of drug-likeness (QED) is 0.539. The van der Waals surface area contributed by atoms with Gasteiger partial charge in [-0.05, 0) is 6.92 Å². The summed E-state index contributed by atoms with van der Waals surface area (Å²) in [5, 5.41) is 0.0858. The lowest BCUT2D eigenvalue weighted by atomic mass is 9.93.